The zero-order chi connectivity index (χ0) is 22.0. The van der Waals surface area contributed by atoms with E-state index in [0.29, 0.717) is 15.9 Å². The number of benzene rings is 1. The summed E-state index contributed by atoms with van der Waals surface area (Å²) in [6.07, 6.45) is 8.08. The van der Waals surface area contributed by atoms with Crippen LogP contribution >= 0.6 is 0 Å². The number of fused-ring (bicyclic) bond motifs is 1. The Hall–Kier alpha value is -3.13. The summed E-state index contributed by atoms with van der Waals surface area (Å²) in [4.78, 5) is 23.9. The van der Waals surface area contributed by atoms with E-state index in [-0.39, 0.29) is 6.10 Å². The molecule has 1 aromatic carbocycles. The number of hydrogen-bond donors (Lipinski definition) is 1. The molecule has 8 nitrogen and oxygen atoms in total. The molecule has 0 spiro atoms. The van der Waals surface area contributed by atoms with Gasteiger partial charge < -0.3 is 14.4 Å². The van der Waals surface area contributed by atoms with Crippen molar-refractivity contribution in [2.45, 2.75) is 39.2 Å². The lowest BCUT2D eigenvalue weighted by Crippen LogP contribution is -2.44. The van der Waals surface area contributed by atoms with Gasteiger partial charge in [0.25, 0.3) is 0 Å². The van der Waals surface area contributed by atoms with Crippen LogP contribution < -0.4 is 10.1 Å². The van der Waals surface area contributed by atoms with Crippen LogP contribution in [0.3, 0.4) is 0 Å². The minimum absolute atomic E-state index is 0.135. The van der Waals surface area contributed by atoms with Crippen molar-refractivity contribution in [1.29, 1.82) is 0 Å². The molecule has 3 heterocycles. The van der Waals surface area contributed by atoms with Crippen LogP contribution in [0.15, 0.2) is 52.1 Å². The molecule has 164 valence electrons. The number of rotatable bonds is 7. The van der Waals surface area contributed by atoms with Gasteiger partial charge in [-0.25, -0.2) is 9.28 Å². The van der Waals surface area contributed by atoms with Gasteiger partial charge in [-0.3, -0.25) is 10.3 Å². The second-order valence-electron chi connectivity index (χ2n) is 8.18. The third-order valence-corrected chi connectivity index (χ3v) is 5.88. The number of quaternary nitrogens is 1. The Morgan fingerprint density at radius 1 is 1.35 bits per heavy atom. The van der Waals surface area contributed by atoms with Gasteiger partial charge in [-0.1, -0.05) is 13.3 Å². The van der Waals surface area contributed by atoms with Crippen molar-refractivity contribution in [1.82, 2.24) is 4.90 Å². The summed E-state index contributed by atoms with van der Waals surface area (Å²) in [6, 6.07) is 5.69. The Morgan fingerprint density at radius 2 is 2.16 bits per heavy atom. The smallest absolute Gasteiger partial charge is 0.412 e. The Kier molecular flexibility index (Phi) is 5.82. The fourth-order valence-corrected chi connectivity index (χ4v) is 4.01. The Morgan fingerprint density at radius 3 is 2.84 bits per heavy atom. The summed E-state index contributed by atoms with van der Waals surface area (Å²) in [5.41, 5.74) is 2.55. The molecule has 0 radical (unpaired) electrons. The number of carbonyl (C=O) groups is 1. The van der Waals surface area contributed by atoms with E-state index in [1.807, 2.05) is 37.5 Å². The number of nitrogens with one attached hydrogen (secondary N) is 1. The van der Waals surface area contributed by atoms with E-state index >= 15 is 0 Å². The third kappa shape index (κ3) is 3.95. The number of methoxy groups -OCH3 is 1. The molecule has 2 atom stereocenters. The second-order valence-corrected chi connectivity index (χ2v) is 8.18. The maximum atomic E-state index is 12.3. The monoisotopic (exact) mass is 424 g/mol. The third-order valence-electron chi connectivity index (χ3n) is 5.88. The topological polar surface area (TPSA) is 75.5 Å². The highest BCUT2D eigenvalue weighted by Crippen LogP contribution is 2.37. The van der Waals surface area contributed by atoms with E-state index in [9.17, 15) is 4.79 Å². The second kappa shape index (κ2) is 8.55. The molecular formula is C23H30N5O3+. The van der Waals surface area contributed by atoms with Gasteiger partial charge in [0.05, 0.1) is 37.8 Å². The molecule has 3 aliphatic rings. The van der Waals surface area contributed by atoms with Crippen molar-refractivity contribution >= 4 is 23.8 Å². The molecule has 8 heteroatoms. The molecule has 0 bridgehead atoms. The van der Waals surface area contributed by atoms with Gasteiger partial charge in [0.15, 0.2) is 5.82 Å². The Labute approximate surface area is 183 Å². The fraction of sp³-hybridized carbons (Fsp3) is 0.435. The maximum Gasteiger partial charge on any atom is 0.412 e. The first kappa shape index (κ1) is 21.1. The van der Waals surface area contributed by atoms with Gasteiger partial charge in [0.1, 0.15) is 18.1 Å². The predicted molar refractivity (Wildman–Crippen MR) is 121 cm³/mol. The number of ether oxygens (including phenoxy) is 2. The number of likely N-dealkylation sites (tertiary alicyclic amines) is 1. The Balaban J connectivity index is 1.60. The van der Waals surface area contributed by atoms with Gasteiger partial charge in [0, 0.05) is 13.1 Å². The molecule has 1 unspecified atom stereocenters. The molecule has 1 N–H and O–H groups in total. The van der Waals surface area contributed by atoms with E-state index in [1.165, 1.54) is 6.42 Å². The summed E-state index contributed by atoms with van der Waals surface area (Å²) in [6.45, 7) is 5.97. The van der Waals surface area contributed by atoms with Crippen molar-refractivity contribution in [3.05, 3.63) is 47.7 Å². The molecule has 4 rings (SSSR count). The van der Waals surface area contributed by atoms with Crippen LogP contribution in [0.4, 0.5) is 10.5 Å². The zero-order valence-electron chi connectivity index (χ0n) is 18.6. The average Bonchev–Trinajstić information content (AvgIpc) is 3.00. The van der Waals surface area contributed by atoms with Crippen molar-refractivity contribution in [2.24, 2.45) is 9.98 Å². The van der Waals surface area contributed by atoms with Crippen molar-refractivity contribution in [2.75, 3.05) is 32.6 Å². The first-order valence-corrected chi connectivity index (χ1v) is 10.8. The lowest BCUT2D eigenvalue weighted by molar-refractivity contribution is -0.713. The predicted octanol–water partition coefficient (Wildman–Crippen LogP) is 4.07. The van der Waals surface area contributed by atoms with E-state index < -0.39 is 6.09 Å². The maximum absolute atomic E-state index is 12.3. The lowest BCUT2D eigenvalue weighted by atomic mass is 10.1. The van der Waals surface area contributed by atoms with Crippen molar-refractivity contribution < 1.29 is 18.8 Å². The highest BCUT2D eigenvalue weighted by Gasteiger charge is 2.44. The number of hydrogen-bond acceptors (Lipinski definition) is 6. The standard InChI is InChI=1S/C23H29N5O3/c1-5-7-16(2)31-23(29)25-18-9-8-17(14-20(18)30-4)22-26-21(27-11-6-12-27)19-15-24-10-13-28(19,22)3/h8-10,13-16H,5-7,11-12H2,1-4H3/p+1/t16-,28?/m0/s1. The van der Waals surface area contributed by atoms with Crippen LogP contribution in [-0.4, -0.2) is 60.9 Å². The van der Waals surface area contributed by atoms with Crippen LogP contribution in [0, 0.1) is 0 Å². The molecular weight excluding hydrogens is 394 g/mol. The number of aliphatic imine (C=N–C) groups is 2. The first-order chi connectivity index (χ1) is 15.0. The molecule has 1 saturated heterocycles. The van der Waals surface area contributed by atoms with Gasteiger partial charge in [0.2, 0.25) is 11.5 Å². The molecule has 0 aromatic heterocycles. The number of allylic oxidation sites excluding steroid dienone is 1. The molecule has 1 aromatic rings. The molecule has 0 saturated carbocycles. The fourth-order valence-electron chi connectivity index (χ4n) is 4.01. The largest absolute Gasteiger partial charge is 0.495 e. The van der Waals surface area contributed by atoms with Crippen LogP contribution in [0.25, 0.3) is 0 Å². The number of amides is 1. The molecule has 1 amide bonds. The summed E-state index contributed by atoms with van der Waals surface area (Å²) in [5, 5.41) is 2.79. The van der Waals surface area contributed by atoms with Gasteiger partial charge in [-0.05, 0) is 38.0 Å². The van der Waals surface area contributed by atoms with Crippen LogP contribution in [-0.2, 0) is 4.74 Å². The van der Waals surface area contributed by atoms with E-state index in [2.05, 4.69) is 29.2 Å². The molecule has 1 fully saturated rings. The number of carbonyl (C=O) groups excluding carboxylic acids is 1. The van der Waals surface area contributed by atoms with Crippen molar-refractivity contribution in [3.8, 4) is 5.75 Å². The van der Waals surface area contributed by atoms with E-state index in [1.54, 1.807) is 13.3 Å². The number of nitrogens with zero attached hydrogens (tertiary/aromatic N) is 4. The minimum Gasteiger partial charge on any atom is -0.495 e. The van der Waals surface area contributed by atoms with Crippen LogP contribution in [0.2, 0.25) is 0 Å². The quantitative estimate of drug-likeness (QED) is 0.670. The number of anilines is 1. The van der Waals surface area contributed by atoms with Gasteiger partial charge in [-0.2, -0.15) is 4.99 Å². The van der Waals surface area contributed by atoms with Crippen molar-refractivity contribution in [3.63, 3.8) is 0 Å². The van der Waals surface area contributed by atoms with E-state index in [0.717, 1.165) is 48.8 Å². The average molecular weight is 425 g/mol. The lowest BCUT2D eigenvalue weighted by Gasteiger charge is -2.33. The number of amidine groups is 1. The first-order valence-electron chi connectivity index (χ1n) is 10.8. The highest BCUT2D eigenvalue weighted by atomic mass is 16.6. The summed E-state index contributed by atoms with van der Waals surface area (Å²) in [5.74, 6) is 2.43. The summed E-state index contributed by atoms with van der Waals surface area (Å²) >= 11 is 0. The molecule has 3 aliphatic heterocycles. The SMILES string of the molecule is CCC[C@H](C)OC(=O)Nc1ccc(C2=NC(N3CCC3)=C3C=NC=C[N+]23C)cc1OC. The summed E-state index contributed by atoms with van der Waals surface area (Å²) in [7, 11) is 3.69. The van der Waals surface area contributed by atoms with E-state index in [4.69, 9.17) is 14.5 Å². The highest BCUT2D eigenvalue weighted by molar-refractivity contribution is 6.01. The summed E-state index contributed by atoms with van der Waals surface area (Å²) < 4.78 is 11.4. The normalized spacial score (nSPS) is 22.6. The van der Waals surface area contributed by atoms with Crippen LogP contribution in [0.5, 0.6) is 5.75 Å². The van der Waals surface area contributed by atoms with Crippen LogP contribution in [0.1, 0.15) is 38.7 Å². The zero-order valence-corrected chi connectivity index (χ0v) is 18.6. The van der Waals surface area contributed by atoms with Gasteiger partial charge in [-0.15, -0.1) is 0 Å². The molecule has 31 heavy (non-hydrogen) atoms. The Bertz CT molecular complexity index is 993. The van der Waals surface area contributed by atoms with Gasteiger partial charge >= 0.3 is 6.09 Å². The molecule has 0 aliphatic carbocycles. The minimum atomic E-state index is -0.483.